The smallest absolute Gasteiger partial charge is 0.164 e. The fraction of sp³-hybridized carbons (Fsp3) is 0.286. The number of nitrogens with two attached hydrogens (primary N) is 2. The first-order valence-electron chi connectivity index (χ1n) is 6.13. The van der Waals surface area contributed by atoms with Gasteiger partial charge >= 0.3 is 0 Å². The van der Waals surface area contributed by atoms with Crippen molar-refractivity contribution in [3.05, 3.63) is 48.3 Å². The summed E-state index contributed by atoms with van der Waals surface area (Å²) in [6, 6.07) is 6.73. The molecular weight excluding hydrogens is 256 g/mol. The van der Waals surface area contributed by atoms with Crippen LogP contribution in [0.25, 0.3) is 0 Å². The highest BCUT2D eigenvalue weighted by Gasteiger charge is 2.34. The Kier molecular flexibility index (Phi) is 4.16. The van der Waals surface area contributed by atoms with Gasteiger partial charge in [0.15, 0.2) is 5.72 Å². The van der Waals surface area contributed by atoms with E-state index in [4.69, 9.17) is 20.9 Å². The van der Waals surface area contributed by atoms with E-state index in [0.717, 1.165) is 0 Å². The summed E-state index contributed by atoms with van der Waals surface area (Å²) >= 11 is 0. The molecule has 4 N–H and O–H groups in total. The predicted molar refractivity (Wildman–Crippen MR) is 77.3 cm³/mol. The molecule has 0 fully saturated rings. The topological polar surface area (TPSA) is 95.2 Å². The molecule has 2 atom stereocenters. The normalized spacial score (nSPS) is 25.8. The van der Waals surface area contributed by atoms with Crippen molar-refractivity contribution in [1.29, 1.82) is 0 Å². The van der Waals surface area contributed by atoms with Gasteiger partial charge in [0.25, 0.3) is 0 Å². The summed E-state index contributed by atoms with van der Waals surface area (Å²) in [4.78, 5) is 0. The number of rotatable bonds is 4. The molecule has 0 aliphatic heterocycles. The molecule has 2 unspecified atom stereocenters. The third-order valence-corrected chi connectivity index (χ3v) is 3.11. The molecule has 6 nitrogen and oxygen atoms in total. The number of anilines is 1. The average molecular weight is 274 g/mol. The van der Waals surface area contributed by atoms with Gasteiger partial charge in [0, 0.05) is 7.11 Å². The Morgan fingerprint density at radius 1 is 1.25 bits per heavy atom. The number of hydrogen-bond acceptors (Lipinski definition) is 6. The molecule has 1 aromatic rings. The monoisotopic (exact) mass is 274 g/mol. The molecule has 1 aromatic carbocycles. The van der Waals surface area contributed by atoms with Crippen LogP contribution < -0.4 is 11.5 Å². The number of methoxy groups -OCH3 is 2. The van der Waals surface area contributed by atoms with Crippen molar-refractivity contribution in [2.75, 3.05) is 20.0 Å². The Morgan fingerprint density at radius 3 is 2.65 bits per heavy atom. The molecule has 0 amide bonds. The third-order valence-electron chi connectivity index (χ3n) is 3.11. The van der Waals surface area contributed by atoms with Gasteiger partial charge in [-0.3, -0.25) is 5.73 Å². The number of ether oxygens (including phenoxy) is 2. The largest absolute Gasteiger partial charge is 0.497 e. The second-order valence-corrected chi connectivity index (χ2v) is 4.38. The van der Waals surface area contributed by atoms with Crippen molar-refractivity contribution in [1.82, 2.24) is 0 Å². The average Bonchev–Trinajstić information content (AvgIpc) is 2.48. The minimum Gasteiger partial charge on any atom is -0.497 e. The van der Waals surface area contributed by atoms with Gasteiger partial charge in [-0.15, -0.1) is 0 Å². The van der Waals surface area contributed by atoms with E-state index in [1.165, 1.54) is 7.11 Å². The lowest BCUT2D eigenvalue weighted by atomic mass is 9.99. The molecule has 1 aliphatic carbocycles. The number of azo groups is 1. The van der Waals surface area contributed by atoms with E-state index in [9.17, 15) is 0 Å². The van der Waals surface area contributed by atoms with Crippen LogP contribution in [-0.2, 0) is 9.47 Å². The van der Waals surface area contributed by atoms with Crippen LogP contribution in [0.5, 0.6) is 0 Å². The minimum atomic E-state index is -1.05. The molecule has 0 saturated heterocycles. The number of nitrogen functional groups attached to an aromatic ring is 1. The van der Waals surface area contributed by atoms with Gasteiger partial charge < -0.3 is 15.2 Å². The zero-order chi connectivity index (χ0) is 14.6. The number of nitrogens with zero attached hydrogens (tertiary/aromatic N) is 2. The lowest BCUT2D eigenvalue weighted by Crippen LogP contribution is -2.50. The molecule has 106 valence electrons. The van der Waals surface area contributed by atoms with Crippen LogP contribution in [0.3, 0.4) is 0 Å². The summed E-state index contributed by atoms with van der Waals surface area (Å²) in [6.07, 6.45) is 5.20. The van der Waals surface area contributed by atoms with Crippen molar-refractivity contribution >= 4 is 11.4 Å². The highest BCUT2D eigenvalue weighted by Crippen LogP contribution is 2.26. The third kappa shape index (κ3) is 2.87. The van der Waals surface area contributed by atoms with Crippen molar-refractivity contribution in [3.63, 3.8) is 0 Å². The fourth-order valence-corrected chi connectivity index (χ4v) is 1.80. The van der Waals surface area contributed by atoms with Gasteiger partial charge in [0.05, 0.1) is 12.8 Å². The molecule has 6 heteroatoms. The molecule has 2 rings (SSSR count). The summed E-state index contributed by atoms with van der Waals surface area (Å²) in [5.41, 5.74) is 12.0. The van der Waals surface area contributed by atoms with Gasteiger partial charge in [-0.1, -0.05) is 12.1 Å². The number of allylic oxidation sites excluding steroid dienone is 1. The Bertz CT molecular complexity index is 568. The number of benzene rings is 1. The molecule has 0 spiro atoms. The maximum atomic E-state index is 6.13. The Labute approximate surface area is 117 Å². The summed E-state index contributed by atoms with van der Waals surface area (Å²) in [5, 5.41) is 8.37. The van der Waals surface area contributed by atoms with Gasteiger partial charge in [0.1, 0.15) is 17.5 Å². The number of para-hydroxylation sites is 1. The lowest BCUT2D eigenvalue weighted by molar-refractivity contribution is 0.0236. The van der Waals surface area contributed by atoms with E-state index >= 15 is 0 Å². The van der Waals surface area contributed by atoms with Crippen LogP contribution in [0, 0.1) is 0 Å². The van der Waals surface area contributed by atoms with E-state index < -0.39 is 11.8 Å². The Morgan fingerprint density at radius 2 is 2.00 bits per heavy atom. The maximum absolute atomic E-state index is 6.13. The fourth-order valence-electron chi connectivity index (χ4n) is 1.80. The van der Waals surface area contributed by atoms with Crippen LogP contribution in [0.1, 0.15) is 0 Å². The van der Waals surface area contributed by atoms with Crippen molar-refractivity contribution in [2.45, 2.75) is 11.8 Å². The van der Waals surface area contributed by atoms with Crippen molar-refractivity contribution in [3.8, 4) is 0 Å². The second-order valence-electron chi connectivity index (χ2n) is 4.38. The highest BCUT2D eigenvalue weighted by atomic mass is 16.5. The summed E-state index contributed by atoms with van der Waals surface area (Å²) in [7, 11) is 3.10. The van der Waals surface area contributed by atoms with Crippen molar-refractivity contribution < 1.29 is 9.47 Å². The maximum Gasteiger partial charge on any atom is 0.164 e. The van der Waals surface area contributed by atoms with E-state index in [-0.39, 0.29) is 0 Å². The zero-order valence-electron chi connectivity index (χ0n) is 11.5. The van der Waals surface area contributed by atoms with Gasteiger partial charge in [-0.05, 0) is 30.4 Å². The molecule has 0 radical (unpaired) electrons. The molecular formula is C14H18N4O2. The van der Waals surface area contributed by atoms with Crippen LogP contribution in [0.15, 0.2) is 58.5 Å². The predicted octanol–water partition coefficient (Wildman–Crippen LogP) is 2.12. The first-order valence-corrected chi connectivity index (χ1v) is 6.13. The molecule has 0 saturated carbocycles. The molecule has 0 bridgehead atoms. The standard InChI is InChI=1S/C14H18N4O2/c1-19-10-7-8-14(16,20-2)13(9-10)18-17-12-6-4-3-5-11(12)15/h3-9,13H,15-16H2,1-2H3. The van der Waals surface area contributed by atoms with E-state index in [1.807, 2.05) is 12.1 Å². The van der Waals surface area contributed by atoms with Gasteiger partial charge in [-0.2, -0.15) is 10.2 Å². The second kappa shape index (κ2) is 5.85. The van der Waals surface area contributed by atoms with E-state index in [2.05, 4.69) is 10.2 Å². The molecule has 1 aliphatic rings. The molecule has 0 heterocycles. The summed E-state index contributed by atoms with van der Waals surface area (Å²) in [6.45, 7) is 0. The first kappa shape index (κ1) is 14.2. The van der Waals surface area contributed by atoms with E-state index in [1.54, 1.807) is 37.5 Å². The van der Waals surface area contributed by atoms with Crippen LogP contribution >= 0.6 is 0 Å². The van der Waals surface area contributed by atoms with Gasteiger partial charge in [-0.25, -0.2) is 0 Å². The van der Waals surface area contributed by atoms with Crippen molar-refractivity contribution in [2.24, 2.45) is 16.0 Å². The van der Waals surface area contributed by atoms with Crippen LogP contribution in [-0.4, -0.2) is 26.0 Å². The zero-order valence-corrected chi connectivity index (χ0v) is 11.5. The molecule has 20 heavy (non-hydrogen) atoms. The first-order chi connectivity index (χ1) is 9.59. The van der Waals surface area contributed by atoms with Crippen LogP contribution in [0.2, 0.25) is 0 Å². The number of hydrogen-bond donors (Lipinski definition) is 2. The summed E-state index contributed by atoms with van der Waals surface area (Å²) < 4.78 is 10.5. The van der Waals surface area contributed by atoms with Gasteiger partial charge in [0.2, 0.25) is 0 Å². The van der Waals surface area contributed by atoms with Crippen LogP contribution in [0.4, 0.5) is 11.4 Å². The molecule has 0 aromatic heterocycles. The minimum absolute atomic E-state index is 0.493. The summed E-state index contributed by atoms with van der Waals surface area (Å²) in [5.74, 6) is 0.660. The lowest BCUT2D eigenvalue weighted by Gasteiger charge is -2.30. The Hall–Kier alpha value is -2.18. The SMILES string of the molecule is COC1=CC(N=Nc2ccccc2N)C(N)(OC)C=C1. The quantitative estimate of drug-likeness (QED) is 0.499. The Balaban J connectivity index is 2.27. The highest BCUT2D eigenvalue weighted by molar-refractivity contribution is 5.61. The van der Waals surface area contributed by atoms with E-state index in [0.29, 0.717) is 17.1 Å².